The summed E-state index contributed by atoms with van der Waals surface area (Å²) in [5.41, 5.74) is 0.821. The van der Waals surface area contributed by atoms with Gasteiger partial charge in [0.05, 0.1) is 6.61 Å². The third kappa shape index (κ3) is 3.57. The summed E-state index contributed by atoms with van der Waals surface area (Å²) in [6.07, 6.45) is 0.215. The van der Waals surface area contributed by atoms with Gasteiger partial charge in [-0.15, -0.1) is 0 Å². The lowest BCUT2D eigenvalue weighted by atomic mass is 10.0. The van der Waals surface area contributed by atoms with Crippen LogP contribution in [0.25, 0.3) is 5.57 Å². The lowest BCUT2D eigenvalue weighted by Gasteiger charge is -2.13. The fourth-order valence-electron chi connectivity index (χ4n) is 1.56. The number of halogens is 1. The lowest BCUT2D eigenvalue weighted by Crippen LogP contribution is -2.11. The van der Waals surface area contributed by atoms with Gasteiger partial charge in [0.25, 0.3) is 0 Å². The van der Waals surface area contributed by atoms with Crippen molar-refractivity contribution in [3.8, 4) is 0 Å². The summed E-state index contributed by atoms with van der Waals surface area (Å²) in [4.78, 5) is 22.6. The number of carbonyl (C=O) groups excluding carboxylic acids is 2. The Labute approximate surface area is 119 Å². The van der Waals surface area contributed by atoms with Crippen molar-refractivity contribution >= 4 is 39.4 Å². The van der Waals surface area contributed by atoms with Crippen LogP contribution in [-0.2, 0) is 14.3 Å². The zero-order valence-corrected chi connectivity index (χ0v) is 12.2. The Kier molecular flexibility index (Phi) is 5.57. The molecule has 2 N–H and O–H groups in total. The molecule has 1 aromatic rings. The maximum atomic E-state index is 11.9. The number of aldehydes is 1. The van der Waals surface area contributed by atoms with Crippen LogP contribution in [0, 0.1) is 0 Å². The number of nitrogens with one attached hydrogen (secondary N) is 1. The number of aliphatic hydroxyl groups excluding tert-OH is 1. The van der Waals surface area contributed by atoms with Crippen LogP contribution in [0.5, 0.6) is 0 Å². The van der Waals surface area contributed by atoms with Crippen molar-refractivity contribution in [2.24, 2.45) is 0 Å². The summed E-state index contributed by atoms with van der Waals surface area (Å²) < 4.78 is 5.57. The van der Waals surface area contributed by atoms with E-state index in [1.54, 1.807) is 32.2 Å². The van der Waals surface area contributed by atoms with E-state index in [1.807, 2.05) is 0 Å². The summed E-state index contributed by atoms with van der Waals surface area (Å²) in [6, 6.07) is 5.12. The SMILES string of the molecule is CCOC(=O)/C(=C(\O)C=O)c1cc(Br)ccc1NC. The number of esters is 1. The summed E-state index contributed by atoms with van der Waals surface area (Å²) >= 11 is 3.28. The first-order valence-corrected chi connectivity index (χ1v) is 6.37. The van der Waals surface area contributed by atoms with Crippen molar-refractivity contribution in [2.45, 2.75) is 6.92 Å². The van der Waals surface area contributed by atoms with Gasteiger partial charge in [0.2, 0.25) is 0 Å². The number of hydrogen-bond donors (Lipinski definition) is 2. The molecule has 0 atom stereocenters. The first-order valence-electron chi connectivity index (χ1n) is 5.58. The second-order valence-corrected chi connectivity index (χ2v) is 4.45. The Balaban J connectivity index is 3.46. The number of benzene rings is 1. The van der Waals surface area contributed by atoms with E-state index in [1.165, 1.54) is 0 Å². The third-order valence-electron chi connectivity index (χ3n) is 2.37. The van der Waals surface area contributed by atoms with E-state index in [-0.39, 0.29) is 18.5 Å². The standard InChI is InChI=1S/C13H14BrNO4/c1-3-19-13(18)12(11(17)7-16)9-6-8(14)4-5-10(9)15-2/h4-7,15,17H,3H2,1-2H3/b12-11-. The zero-order chi connectivity index (χ0) is 14.4. The first kappa shape index (κ1) is 15.2. The molecule has 0 heterocycles. The number of hydrogen-bond acceptors (Lipinski definition) is 5. The molecule has 0 bridgehead atoms. The summed E-state index contributed by atoms with van der Waals surface area (Å²) in [7, 11) is 1.67. The molecular formula is C13H14BrNO4. The van der Waals surface area contributed by atoms with Crippen molar-refractivity contribution in [1.82, 2.24) is 0 Å². The van der Waals surface area contributed by atoms with Crippen LogP contribution in [0.1, 0.15) is 12.5 Å². The first-order chi connectivity index (χ1) is 9.04. The molecule has 102 valence electrons. The van der Waals surface area contributed by atoms with E-state index in [0.717, 1.165) is 0 Å². The topological polar surface area (TPSA) is 75.6 Å². The molecule has 0 aliphatic heterocycles. The zero-order valence-electron chi connectivity index (χ0n) is 10.6. The maximum Gasteiger partial charge on any atom is 0.342 e. The smallest absolute Gasteiger partial charge is 0.342 e. The molecule has 0 spiro atoms. The van der Waals surface area contributed by atoms with Gasteiger partial charge in [0.15, 0.2) is 12.0 Å². The van der Waals surface area contributed by atoms with Crippen molar-refractivity contribution in [1.29, 1.82) is 0 Å². The lowest BCUT2D eigenvalue weighted by molar-refractivity contribution is -0.136. The minimum Gasteiger partial charge on any atom is -0.504 e. The predicted molar refractivity (Wildman–Crippen MR) is 75.9 cm³/mol. The molecule has 0 unspecified atom stereocenters. The number of anilines is 1. The molecule has 0 amide bonds. The normalized spacial score (nSPS) is 11.5. The molecule has 0 aliphatic rings. The molecule has 19 heavy (non-hydrogen) atoms. The Bertz CT molecular complexity index is 525. The Morgan fingerprint density at radius 3 is 2.74 bits per heavy atom. The highest BCUT2D eigenvalue weighted by molar-refractivity contribution is 9.10. The fraction of sp³-hybridized carbons (Fsp3) is 0.231. The number of rotatable bonds is 5. The minimum atomic E-state index is -0.748. The quantitative estimate of drug-likeness (QED) is 0.376. The highest BCUT2D eigenvalue weighted by Crippen LogP contribution is 2.29. The number of aliphatic hydroxyl groups is 1. The molecule has 0 saturated heterocycles. The van der Waals surface area contributed by atoms with Crippen LogP contribution in [0.2, 0.25) is 0 Å². The van der Waals surface area contributed by atoms with Gasteiger partial charge in [-0.1, -0.05) is 15.9 Å². The largest absolute Gasteiger partial charge is 0.504 e. The minimum absolute atomic E-state index is 0.150. The Morgan fingerprint density at radius 1 is 1.53 bits per heavy atom. The molecule has 0 aromatic heterocycles. The monoisotopic (exact) mass is 327 g/mol. The Morgan fingerprint density at radius 2 is 2.21 bits per heavy atom. The predicted octanol–water partition coefficient (Wildman–Crippen LogP) is 2.52. The van der Waals surface area contributed by atoms with Gasteiger partial charge in [-0.25, -0.2) is 4.79 Å². The molecule has 5 nitrogen and oxygen atoms in total. The molecule has 1 aromatic carbocycles. The van der Waals surface area contributed by atoms with Gasteiger partial charge in [-0.05, 0) is 25.1 Å². The van der Waals surface area contributed by atoms with Gasteiger partial charge in [0, 0.05) is 22.8 Å². The van der Waals surface area contributed by atoms with Crippen LogP contribution in [-0.4, -0.2) is 31.0 Å². The highest BCUT2D eigenvalue weighted by atomic mass is 79.9. The van der Waals surface area contributed by atoms with Crippen LogP contribution in [0.4, 0.5) is 5.69 Å². The molecule has 0 aliphatic carbocycles. The molecule has 6 heteroatoms. The second-order valence-electron chi connectivity index (χ2n) is 3.54. The highest BCUT2D eigenvalue weighted by Gasteiger charge is 2.21. The van der Waals surface area contributed by atoms with Crippen LogP contribution >= 0.6 is 15.9 Å². The summed E-state index contributed by atoms with van der Waals surface area (Å²) in [5, 5.41) is 12.5. The molecular weight excluding hydrogens is 314 g/mol. The van der Waals surface area contributed by atoms with Gasteiger partial charge < -0.3 is 15.2 Å². The molecule has 0 saturated carbocycles. The van der Waals surface area contributed by atoms with Crippen molar-refractivity contribution < 1.29 is 19.4 Å². The van der Waals surface area contributed by atoms with Gasteiger partial charge in [-0.2, -0.15) is 0 Å². The molecule has 0 radical (unpaired) electrons. The Hall–Kier alpha value is -1.82. The molecule has 0 fully saturated rings. The summed E-state index contributed by atoms with van der Waals surface area (Å²) in [6.45, 7) is 1.80. The number of ether oxygens (including phenoxy) is 1. The van der Waals surface area contributed by atoms with Gasteiger partial charge >= 0.3 is 5.97 Å². The number of allylic oxidation sites excluding steroid dienone is 1. The van der Waals surface area contributed by atoms with E-state index in [4.69, 9.17) is 4.74 Å². The molecule has 1 rings (SSSR count). The van der Waals surface area contributed by atoms with Gasteiger partial charge in [0.1, 0.15) is 5.57 Å². The second kappa shape index (κ2) is 6.94. The third-order valence-corrected chi connectivity index (χ3v) is 2.86. The van der Waals surface area contributed by atoms with E-state index >= 15 is 0 Å². The summed E-state index contributed by atoms with van der Waals surface area (Å²) in [5.74, 6) is -1.41. The van der Waals surface area contributed by atoms with E-state index in [0.29, 0.717) is 15.7 Å². The fourth-order valence-corrected chi connectivity index (χ4v) is 1.92. The van der Waals surface area contributed by atoms with Crippen LogP contribution in [0.15, 0.2) is 28.4 Å². The van der Waals surface area contributed by atoms with Crippen LogP contribution < -0.4 is 5.32 Å². The van der Waals surface area contributed by atoms with E-state index < -0.39 is 11.7 Å². The van der Waals surface area contributed by atoms with E-state index in [2.05, 4.69) is 21.2 Å². The van der Waals surface area contributed by atoms with Crippen molar-refractivity contribution in [3.63, 3.8) is 0 Å². The van der Waals surface area contributed by atoms with Crippen molar-refractivity contribution in [2.75, 3.05) is 19.0 Å². The van der Waals surface area contributed by atoms with Crippen LogP contribution in [0.3, 0.4) is 0 Å². The van der Waals surface area contributed by atoms with Crippen molar-refractivity contribution in [3.05, 3.63) is 34.0 Å². The average Bonchev–Trinajstić information content (AvgIpc) is 2.39. The average molecular weight is 328 g/mol. The van der Waals surface area contributed by atoms with E-state index in [9.17, 15) is 14.7 Å². The number of carbonyl (C=O) groups is 2. The maximum absolute atomic E-state index is 11.9. The van der Waals surface area contributed by atoms with Gasteiger partial charge in [-0.3, -0.25) is 4.79 Å².